The average molecular weight is 426 g/mol. The predicted molar refractivity (Wildman–Crippen MR) is 122 cm³/mol. The number of carboxylic acid groups (broad SMARTS) is 1. The van der Waals surface area contributed by atoms with Gasteiger partial charge in [0.1, 0.15) is 18.4 Å². The second kappa shape index (κ2) is 9.75. The Hall–Kier alpha value is -4.19. The average Bonchev–Trinajstić information content (AvgIpc) is 2.83. The molecule has 4 rings (SSSR count). The third-order valence-electron chi connectivity index (χ3n) is 5.09. The number of carbonyl (C=O) groups excluding carboxylic acids is 1. The van der Waals surface area contributed by atoms with Crippen LogP contribution in [0, 0.1) is 0 Å². The molecular formula is C26H22N2O4. The van der Waals surface area contributed by atoms with Gasteiger partial charge >= 0.3 is 5.97 Å². The minimum atomic E-state index is -1.10. The molecule has 3 aromatic carbocycles. The summed E-state index contributed by atoms with van der Waals surface area (Å²) in [6, 6.07) is 24.9. The lowest BCUT2D eigenvalue weighted by Gasteiger charge is -2.16. The Bertz CT molecular complexity index is 1220. The third kappa shape index (κ3) is 5.10. The molecule has 1 heterocycles. The van der Waals surface area contributed by atoms with E-state index in [1.54, 1.807) is 36.5 Å². The fourth-order valence-corrected chi connectivity index (χ4v) is 3.42. The van der Waals surface area contributed by atoms with Gasteiger partial charge in [-0.05, 0) is 35.4 Å². The number of pyridine rings is 1. The van der Waals surface area contributed by atoms with Crippen LogP contribution < -0.4 is 10.1 Å². The van der Waals surface area contributed by atoms with E-state index in [2.05, 4.69) is 10.3 Å². The standard InChI is InChI=1S/C26H22N2O4/c29-25(22-10-4-8-20-9-5-15-27-24(20)22)28-23(26(30)31)16-18-11-13-21(14-12-18)32-17-19-6-2-1-3-7-19/h1-15,23H,16-17H2,(H,28,29)(H,30,31)/t23-/m1/s1. The molecule has 1 amide bonds. The molecule has 0 aliphatic carbocycles. The van der Waals surface area contributed by atoms with Crippen LogP contribution >= 0.6 is 0 Å². The first-order valence-electron chi connectivity index (χ1n) is 10.2. The van der Waals surface area contributed by atoms with Crippen LogP contribution in [-0.2, 0) is 17.8 Å². The van der Waals surface area contributed by atoms with Crippen LogP contribution in [0.25, 0.3) is 10.9 Å². The molecule has 0 aliphatic heterocycles. The fourth-order valence-electron chi connectivity index (χ4n) is 3.42. The summed E-state index contributed by atoms with van der Waals surface area (Å²) >= 11 is 0. The number of hydrogen-bond acceptors (Lipinski definition) is 4. The lowest BCUT2D eigenvalue weighted by Crippen LogP contribution is -2.42. The quantitative estimate of drug-likeness (QED) is 0.440. The van der Waals surface area contributed by atoms with Gasteiger partial charge in [0, 0.05) is 18.0 Å². The topological polar surface area (TPSA) is 88.5 Å². The van der Waals surface area contributed by atoms with Crippen molar-refractivity contribution in [2.45, 2.75) is 19.1 Å². The Labute approximate surface area is 185 Å². The highest BCUT2D eigenvalue weighted by atomic mass is 16.5. The van der Waals surface area contributed by atoms with Crippen molar-refractivity contribution in [3.05, 3.63) is 108 Å². The van der Waals surface area contributed by atoms with Crippen LogP contribution in [0.4, 0.5) is 0 Å². The second-order valence-electron chi connectivity index (χ2n) is 7.37. The number of ether oxygens (including phenoxy) is 1. The minimum absolute atomic E-state index is 0.151. The van der Waals surface area contributed by atoms with Gasteiger partial charge in [0.25, 0.3) is 5.91 Å². The molecule has 0 saturated heterocycles. The number of rotatable bonds is 8. The maximum absolute atomic E-state index is 12.8. The zero-order valence-electron chi connectivity index (χ0n) is 17.3. The highest BCUT2D eigenvalue weighted by Gasteiger charge is 2.22. The third-order valence-corrected chi connectivity index (χ3v) is 5.09. The van der Waals surface area contributed by atoms with Crippen LogP contribution in [0.5, 0.6) is 5.75 Å². The first-order chi connectivity index (χ1) is 15.6. The van der Waals surface area contributed by atoms with Gasteiger partial charge in [0.15, 0.2) is 0 Å². The van der Waals surface area contributed by atoms with E-state index in [-0.39, 0.29) is 6.42 Å². The van der Waals surface area contributed by atoms with Gasteiger partial charge in [0.2, 0.25) is 0 Å². The number of aliphatic carboxylic acids is 1. The molecule has 1 atom stereocenters. The molecule has 0 aliphatic rings. The normalized spacial score (nSPS) is 11.6. The van der Waals surface area contributed by atoms with Crippen LogP contribution in [-0.4, -0.2) is 28.0 Å². The largest absolute Gasteiger partial charge is 0.489 e. The molecule has 1 aromatic heterocycles. The van der Waals surface area contributed by atoms with Crippen molar-refractivity contribution >= 4 is 22.8 Å². The van der Waals surface area contributed by atoms with Crippen molar-refractivity contribution in [3.63, 3.8) is 0 Å². The zero-order chi connectivity index (χ0) is 22.3. The van der Waals surface area contributed by atoms with Gasteiger partial charge in [-0.15, -0.1) is 0 Å². The molecule has 4 aromatic rings. The summed E-state index contributed by atoms with van der Waals surface area (Å²) < 4.78 is 5.77. The van der Waals surface area contributed by atoms with Crippen molar-refractivity contribution in [3.8, 4) is 5.75 Å². The number of carboxylic acids is 1. The number of carbonyl (C=O) groups is 2. The summed E-state index contributed by atoms with van der Waals surface area (Å²) in [6.07, 6.45) is 1.76. The summed E-state index contributed by atoms with van der Waals surface area (Å²) in [4.78, 5) is 28.9. The molecule has 32 heavy (non-hydrogen) atoms. The number of fused-ring (bicyclic) bond motifs is 1. The van der Waals surface area contributed by atoms with Crippen molar-refractivity contribution in [2.75, 3.05) is 0 Å². The van der Waals surface area contributed by atoms with Gasteiger partial charge in [-0.2, -0.15) is 0 Å². The van der Waals surface area contributed by atoms with E-state index in [0.717, 1.165) is 16.5 Å². The van der Waals surface area contributed by atoms with Crippen LogP contribution in [0.3, 0.4) is 0 Å². The van der Waals surface area contributed by atoms with Crippen molar-refractivity contribution in [1.82, 2.24) is 10.3 Å². The van der Waals surface area contributed by atoms with Gasteiger partial charge in [0.05, 0.1) is 11.1 Å². The van der Waals surface area contributed by atoms with E-state index in [9.17, 15) is 14.7 Å². The van der Waals surface area contributed by atoms with Gasteiger partial charge in [-0.25, -0.2) is 4.79 Å². The lowest BCUT2D eigenvalue weighted by atomic mass is 10.0. The van der Waals surface area contributed by atoms with Crippen molar-refractivity contribution < 1.29 is 19.4 Å². The zero-order valence-corrected chi connectivity index (χ0v) is 17.3. The monoisotopic (exact) mass is 426 g/mol. The molecule has 2 N–H and O–H groups in total. The molecule has 0 bridgehead atoms. The van der Waals surface area contributed by atoms with E-state index in [4.69, 9.17) is 4.74 Å². The maximum Gasteiger partial charge on any atom is 0.326 e. The Morgan fingerprint density at radius 1 is 0.875 bits per heavy atom. The molecule has 0 radical (unpaired) electrons. The number of para-hydroxylation sites is 1. The Morgan fingerprint density at radius 2 is 1.62 bits per heavy atom. The van der Waals surface area contributed by atoms with Gasteiger partial charge in [-0.3, -0.25) is 9.78 Å². The maximum atomic E-state index is 12.8. The highest BCUT2D eigenvalue weighted by Crippen LogP contribution is 2.18. The van der Waals surface area contributed by atoms with E-state index in [1.165, 1.54) is 0 Å². The van der Waals surface area contributed by atoms with Crippen molar-refractivity contribution in [2.24, 2.45) is 0 Å². The number of aromatic nitrogens is 1. The number of amides is 1. The summed E-state index contributed by atoms with van der Waals surface area (Å²) in [7, 11) is 0. The number of benzene rings is 3. The van der Waals surface area contributed by atoms with Gasteiger partial charge < -0.3 is 15.2 Å². The number of nitrogens with one attached hydrogen (secondary N) is 1. The van der Waals surface area contributed by atoms with E-state index < -0.39 is 17.9 Å². The number of hydrogen-bond donors (Lipinski definition) is 2. The first-order valence-corrected chi connectivity index (χ1v) is 10.2. The molecule has 6 heteroatoms. The SMILES string of the molecule is O=C(N[C@H](Cc1ccc(OCc2ccccc2)cc1)C(=O)O)c1cccc2cccnc12. The summed E-state index contributed by atoms with van der Waals surface area (Å²) in [5.74, 6) is -0.879. The van der Waals surface area contributed by atoms with Gasteiger partial charge in [-0.1, -0.05) is 60.7 Å². The molecule has 0 spiro atoms. The molecular weight excluding hydrogens is 404 g/mol. The molecule has 0 saturated carbocycles. The molecule has 0 unspecified atom stereocenters. The van der Waals surface area contributed by atoms with Crippen LogP contribution in [0.15, 0.2) is 91.1 Å². The molecule has 0 fully saturated rings. The Balaban J connectivity index is 1.42. The minimum Gasteiger partial charge on any atom is -0.489 e. The van der Waals surface area contributed by atoms with E-state index >= 15 is 0 Å². The van der Waals surface area contributed by atoms with E-state index in [1.807, 2.05) is 54.6 Å². The predicted octanol–water partition coefficient (Wildman–Crippen LogP) is 4.24. The summed E-state index contributed by atoms with van der Waals surface area (Å²) in [6.45, 7) is 0.451. The Morgan fingerprint density at radius 3 is 2.38 bits per heavy atom. The van der Waals surface area contributed by atoms with E-state index in [0.29, 0.717) is 23.4 Å². The smallest absolute Gasteiger partial charge is 0.326 e. The summed E-state index contributed by atoms with van der Waals surface area (Å²) in [5, 5.41) is 13.1. The first kappa shape index (κ1) is 21.1. The molecule has 6 nitrogen and oxygen atoms in total. The van der Waals surface area contributed by atoms with Crippen LogP contribution in [0.2, 0.25) is 0 Å². The Kier molecular flexibility index (Phi) is 6.41. The van der Waals surface area contributed by atoms with Crippen molar-refractivity contribution in [1.29, 1.82) is 0 Å². The lowest BCUT2D eigenvalue weighted by molar-refractivity contribution is -0.139. The number of nitrogens with zero attached hydrogens (tertiary/aromatic N) is 1. The van der Waals surface area contributed by atoms with Crippen LogP contribution in [0.1, 0.15) is 21.5 Å². The molecule has 160 valence electrons. The summed E-state index contributed by atoms with van der Waals surface area (Å²) in [5.41, 5.74) is 2.73. The second-order valence-corrected chi connectivity index (χ2v) is 7.37. The highest BCUT2D eigenvalue weighted by molar-refractivity contribution is 6.06. The fraction of sp³-hybridized carbons (Fsp3) is 0.115.